The van der Waals surface area contributed by atoms with Crippen molar-refractivity contribution in [1.82, 2.24) is 14.5 Å². The van der Waals surface area contributed by atoms with Crippen LogP contribution in [0, 0.1) is 0 Å². The summed E-state index contributed by atoms with van der Waals surface area (Å²) < 4.78 is 27.6. The van der Waals surface area contributed by atoms with Gasteiger partial charge >= 0.3 is 16.2 Å². The van der Waals surface area contributed by atoms with E-state index in [0.29, 0.717) is 19.3 Å². The van der Waals surface area contributed by atoms with Crippen molar-refractivity contribution >= 4 is 33.6 Å². The molecule has 110 valence electrons. The molecule has 0 amide bonds. The van der Waals surface area contributed by atoms with Gasteiger partial charge in [-0.15, -0.1) is 10.2 Å². The van der Waals surface area contributed by atoms with Crippen LogP contribution in [0.15, 0.2) is 12.1 Å². The Morgan fingerprint density at radius 2 is 2.15 bits per heavy atom. The lowest BCUT2D eigenvalue weighted by molar-refractivity contribution is -0.142. The van der Waals surface area contributed by atoms with Gasteiger partial charge in [-0.05, 0) is 31.4 Å². The minimum absolute atomic E-state index is 0.0101. The van der Waals surface area contributed by atoms with E-state index in [9.17, 15) is 13.2 Å². The number of halogens is 1. The van der Waals surface area contributed by atoms with Gasteiger partial charge < -0.3 is 5.11 Å². The van der Waals surface area contributed by atoms with Gasteiger partial charge in [-0.2, -0.15) is 12.7 Å². The van der Waals surface area contributed by atoms with Gasteiger partial charge in [0.15, 0.2) is 11.0 Å². The molecule has 1 aromatic rings. The van der Waals surface area contributed by atoms with Crippen molar-refractivity contribution in [3.05, 3.63) is 17.3 Å². The van der Waals surface area contributed by atoms with Crippen LogP contribution in [0.25, 0.3) is 0 Å². The summed E-state index contributed by atoms with van der Waals surface area (Å²) in [5.41, 5.74) is 0. The van der Waals surface area contributed by atoms with Gasteiger partial charge in [0.2, 0.25) is 0 Å². The molecular weight excluding hydrogens is 308 g/mol. The van der Waals surface area contributed by atoms with Gasteiger partial charge in [0.25, 0.3) is 0 Å². The van der Waals surface area contributed by atoms with E-state index >= 15 is 0 Å². The fourth-order valence-electron chi connectivity index (χ4n) is 2.00. The number of anilines is 1. The maximum atomic E-state index is 12.2. The van der Waals surface area contributed by atoms with E-state index in [1.54, 1.807) is 0 Å². The van der Waals surface area contributed by atoms with Crippen molar-refractivity contribution < 1.29 is 18.3 Å². The van der Waals surface area contributed by atoms with E-state index in [-0.39, 0.29) is 17.5 Å². The molecule has 0 bridgehead atoms. The molecule has 0 aliphatic carbocycles. The van der Waals surface area contributed by atoms with E-state index < -0.39 is 22.2 Å². The van der Waals surface area contributed by atoms with Gasteiger partial charge in [0, 0.05) is 6.54 Å². The van der Waals surface area contributed by atoms with Crippen LogP contribution < -0.4 is 4.72 Å². The molecule has 1 aromatic heterocycles. The van der Waals surface area contributed by atoms with Gasteiger partial charge in [-0.3, -0.25) is 9.52 Å². The average molecular weight is 321 g/mol. The van der Waals surface area contributed by atoms with Crippen molar-refractivity contribution in [1.29, 1.82) is 0 Å². The molecule has 20 heavy (non-hydrogen) atoms. The van der Waals surface area contributed by atoms with Crippen molar-refractivity contribution in [2.45, 2.75) is 25.3 Å². The molecule has 2 rings (SSSR count). The molecule has 8 nitrogen and oxygen atoms in total. The van der Waals surface area contributed by atoms with Crippen LogP contribution in [-0.2, 0) is 15.0 Å². The van der Waals surface area contributed by atoms with Gasteiger partial charge in [0.05, 0.1) is 0 Å². The monoisotopic (exact) mass is 320 g/mol. The third-order valence-electron chi connectivity index (χ3n) is 2.91. The molecule has 0 saturated carbocycles. The van der Waals surface area contributed by atoms with Gasteiger partial charge in [0.1, 0.15) is 6.04 Å². The number of carboxylic acids is 1. The highest BCUT2D eigenvalue weighted by molar-refractivity contribution is 7.90. The molecule has 1 fully saturated rings. The molecule has 0 spiro atoms. The van der Waals surface area contributed by atoms with Crippen molar-refractivity contribution in [2.24, 2.45) is 0 Å². The lowest BCUT2D eigenvalue weighted by atomic mass is 10.1. The van der Waals surface area contributed by atoms with Gasteiger partial charge in [-0.25, -0.2) is 0 Å². The fraction of sp³-hybridized carbons (Fsp3) is 0.500. The second-order valence-electron chi connectivity index (χ2n) is 4.31. The quantitative estimate of drug-likeness (QED) is 0.845. The van der Waals surface area contributed by atoms with E-state index in [2.05, 4.69) is 14.9 Å². The number of piperidine rings is 1. The minimum Gasteiger partial charge on any atom is -0.480 e. The third-order valence-corrected chi connectivity index (χ3v) is 4.64. The first-order valence-electron chi connectivity index (χ1n) is 5.92. The van der Waals surface area contributed by atoms with Crippen molar-refractivity contribution in [3.8, 4) is 0 Å². The molecule has 2 N–H and O–H groups in total. The third kappa shape index (κ3) is 3.35. The number of carboxylic acid groups (broad SMARTS) is 1. The SMILES string of the molecule is O=C(O)C1CCCCN1S(=O)(=O)Nc1ccc(Cl)nn1. The average Bonchev–Trinajstić information content (AvgIpc) is 2.41. The normalized spacial score (nSPS) is 20.6. The zero-order valence-electron chi connectivity index (χ0n) is 10.4. The lowest BCUT2D eigenvalue weighted by Crippen LogP contribution is -2.50. The smallest absolute Gasteiger partial charge is 0.322 e. The largest absolute Gasteiger partial charge is 0.480 e. The highest BCUT2D eigenvalue weighted by Gasteiger charge is 2.36. The predicted molar refractivity (Wildman–Crippen MR) is 71.6 cm³/mol. The minimum atomic E-state index is -3.99. The molecule has 1 aliphatic heterocycles. The second-order valence-corrected chi connectivity index (χ2v) is 6.32. The van der Waals surface area contributed by atoms with Crippen LogP contribution in [0.3, 0.4) is 0 Å². The highest BCUT2D eigenvalue weighted by Crippen LogP contribution is 2.21. The number of aliphatic carboxylic acids is 1. The second kappa shape index (κ2) is 5.90. The predicted octanol–water partition coefficient (Wildman–Crippen LogP) is 0.726. The summed E-state index contributed by atoms with van der Waals surface area (Å²) in [6, 6.07) is 1.69. The zero-order valence-corrected chi connectivity index (χ0v) is 11.9. The van der Waals surface area contributed by atoms with E-state index in [1.807, 2.05) is 0 Å². The number of hydrogen-bond donors (Lipinski definition) is 2. The van der Waals surface area contributed by atoms with Gasteiger partial charge in [-0.1, -0.05) is 11.6 Å². The highest BCUT2D eigenvalue weighted by atomic mass is 35.5. The van der Waals surface area contributed by atoms with Crippen LogP contribution in [0.5, 0.6) is 0 Å². The lowest BCUT2D eigenvalue weighted by Gasteiger charge is -2.31. The van der Waals surface area contributed by atoms with Crippen LogP contribution in [0.4, 0.5) is 5.82 Å². The van der Waals surface area contributed by atoms with Crippen LogP contribution in [0.2, 0.25) is 5.15 Å². The fourth-order valence-corrected chi connectivity index (χ4v) is 3.49. The molecule has 1 aliphatic rings. The summed E-state index contributed by atoms with van der Waals surface area (Å²) in [7, 11) is -3.99. The number of rotatable bonds is 4. The maximum absolute atomic E-state index is 12.2. The molecule has 1 unspecified atom stereocenters. The Bertz CT molecular complexity index is 592. The summed E-state index contributed by atoms with van der Waals surface area (Å²) in [4.78, 5) is 11.1. The number of carbonyl (C=O) groups is 1. The summed E-state index contributed by atoms with van der Waals surface area (Å²) in [5, 5.41) is 16.3. The zero-order chi connectivity index (χ0) is 14.8. The summed E-state index contributed by atoms with van der Waals surface area (Å²) in [6.45, 7) is 0.160. The molecule has 0 aromatic carbocycles. The number of aromatic nitrogens is 2. The van der Waals surface area contributed by atoms with E-state index in [4.69, 9.17) is 16.7 Å². The molecule has 1 saturated heterocycles. The van der Waals surface area contributed by atoms with Crippen molar-refractivity contribution in [2.75, 3.05) is 11.3 Å². The Hall–Kier alpha value is -1.45. The molecule has 10 heteroatoms. The number of nitrogens with one attached hydrogen (secondary N) is 1. The Morgan fingerprint density at radius 1 is 1.40 bits per heavy atom. The Kier molecular flexibility index (Phi) is 4.41. The topological polar surface area (TPSA) is 112 Å². The van der Waals surface area contributed by atoms with Crippen LogP contribution in [-0.4, -0.2) is 46.6 Å². The summed E-state index contributed by atoms with van der Waals surface area (Å²) in [5.74, 6) is -1.17. The molecular formula is C10H13ClN4O4S. The van der Waals surface area contributed by atoms with Crippen molar-refractivity contribution in [3.63, 3.8) is 0 Å². The Morgan fingerprint density at radius 3 is 2.75 bits per heavy atom. The summed E-state index contributed by atoms with van der Waals surface area (Å²) >= 11 is 5.56. The van der Waals surface area contributed by atoms with Crippen LogP contribution >= 0.6 is 11.6 Å². The molecule has 1 atom stereocenters. The first-order valence-corrected chi connectivity index (χ1v) is 7.73. The Labute approximate surface area is 120 Å². The van der Waals surface area contributed by atoms with Crippen LogP contribution in [0.1, 0.15) is 19.3 Å². The first kappa shape index (κ1) is 14.9. The summed E-state index contributed by atoms with van der Waals surface area (Å²) in [6.07, 6.45) is 1.60. The Balaban J connectivity index is 2.20. The van der Waals surface area contributed by atoms with E-state index in [1.165, 1.54) is 12.1 Å². The first-order chi connectivity index (χ1) is 9.40. The molecule has 2 heterocycles. The molecule has 0 radical (unpaired) electrons. The standard InChI is InChI=1S/C10H13ClN4O4S/c11-8-4-5-9(13-12-8)14-20(18,19)15-6-2-1-3-7(15)10(16)17/h4-5,7H,1-3,6H2,(H,13,14)(H,16,17). The number of hydrogen-bond acceptors (Lipinski definition) is 5. The van der Waals surface area contributed by atoms with E-state index in [0.717, 1.165) is 4.31 Å². The maximum Gasteiger partial charge on any atom is 0.322 e. The number of nitrogens with zero attached hydrogens (tertiary/aromatic N) is 3.